The first-order valence-corrected chi connectivity index (χ1v) is 7.52. The van der Waals surface area contributed by atoms with Gasteiger partial charge in [0.25, 0.3) is 5.91 Å². The van der Waals surface area contributed by atoms with Crippen LogP contribution < -0.4 is 5.32 Å². The first-order chi connectivity index (χ1) is 9.15. The number of rotatable bonds is 4. The van der Waals surface area contributed by atoms with Crippen molar-refractivity contribution in [2.75, 3.05) is 0 Å². The van der Waals surface area contributed by atoms with E-state index in [1.54, 1.807) is 5.38 Å². The smallest absolute Gasteiger partial charge is 0.308 e. The summed E-state index contributed by atoms with van der Waals surface area (Å²) in [7, 11) is 0. The van der Waals surface area contributed by atoms with Crippen molar-refractivity contribution in [2.45, 2.75) is 44.1 Å². The van der Waals surface area contributed by atoms with E-state index in [0.29, 0.717) is 18.0 Å². The van der Waals surface area contributed by atoms with Gasteiger partial charge in [-0.15, -0.1) is 11.3 Å². The zero-order valence-corrected chi connectivity index (χ0v) is 11.3. The Hall–Kier alpha value is -1.43. The largest absolute Gasteiger partial charge is 0.481 e. The third-order valence-corrected chi connectivity index (χ3v) is 4.84. The molecule has 19 heavy (non-hydrogen) atoms. The fourth-order valence-corrected chi connectivity index (χ4v) is 3.55. The monoisotopic (exact) mass is 280 g/mol. The maximum Gasteiger partial charge on any atom is 0.308 e. The second-order valence-electron chi connectivity index (χ2n) is 5.30. The number of nitrogens with zero attached hydrogens (tertiary/aromatic N) is 1. The number of carboxylic acid groups (broad SMARTS) is 1. The van der Waals surface area contributed by atoms with Gasteiger partial charge in [0.2, 0.25) is 0 Å². The van der Waals surface area contributed by atoms with Crippen molar-refractivity contribution in [2.24, 2.45) is 5.92 Å². The molecule has 1 heterocycles. The van der Waals surface area contributed by atoms with Crippen LogP contribution in [0.3, 0.4) is 0 Å². The van der Waals surface area contributed by atoms with Crippen LogP contribution in [0.4, 0.5) is 0 Å². The first kappa shape index (κ1) is 12.6. The van der Waals surface area contributed by atoms with Crippen molar-refractivity contribution in [3.05, 3.63) is 16.1 Å². The number of carbonyl (C=O) groups is 2. The van der Waals surface area contributed by atoms with Gasteiger partial charge in [-0.05, 0) is 25.7 Å². The molecule has 102 valence electrons. The van der Waals surface area contributed by atoms with E-state index in [1.807, 2.05) is 0 Å². The van der Waals surface area contributed by atoms with Crippen molar-refractivity contribution in [3.63, 3.8) is 0 Å². The van der Waals surface area contributed by atoms with Crippen LogP contribution in [0.2, 0.25) is 0 Å². The highest BCUT2D eigenvalue weighted by atomic mass is 32.1. The third kappa shape index (κ3) is 2.63. The third-order valence-electron chi connectivity index (χ3n) is 3.83. The van der Waals surface area contributed by atoms with Crippen LogP contribution in [0.5, 0.6) is 0 Å². The van der Waals surface area contributed by atoms with Crippen LogP contribution in [0.1, 0.15) is 53.5 Å². The molecule has 2 aliphatic carbocycles. The number of thiazole rings is 1. The molecule has 6 heteroatoms. The van der Waals surface area contributed by atoms with E-state index in [4.69, 9.17) is 5.11 Å². The Morgan fingerprint density at radius 2 is 2.11 bits per heavy atom. The molecule has 2 fully saturated rings. The highest BCUT2D eigenvalue weighted by Gasteiger charge is 2.34. The normalized spacial score (nSPS) is 26.3. The van der Waals surface area contributed by atoms with Crippen molar-refractivity contribution in [3.8, 4) is 0 Å². The fraction of sp³-hybridized carbons (Fsp3) is 0.615. The number of carbonyl (C=O) groups excluding carboxylic acids is 1. The van der Waals surface area contributed by atoms with E-state index in [2.05, 4.69) is 10.3 Å². The molecule has 0 unspecified atom stereocenters. The fourth-order valence-electron chi connectivity index (χ4n) is 2.58. The van der Waals surface area contributed by atoms with Crippen LogP contribution in [-0.4, -0.2) is 28.0 Å². The SMILES string of the molecule is O=C(N[C@H]1CCC[C@@H]1C(=O)O)c1csc(C2CC2)n1. The van der Waals surface area contributed by atoms with Gasteiger partial charge in [-0.3, -0.25) is 9.59 Å². The Bertz CT molecular complexity index is 510. The zero-order chi connectivity index (χ0) is 13.4. The highest BCUT2D eigenvalue weighted by molar-refractivity contribution is 7.10. The molecule has 2 aliphatic rings. The van der Waals surface area contributed by atoms with Gasteiger partial charge in [-0.1, -0.05) is 6.42 Å². The minimum absolute atomic E-state index is 0.235. The van der Waals surface area contributed by atoms with E-state index in [0.717, 1.165) is 30.7 Å². The molecule has 2 atom stereocenters. The topological polar surface area (TPSA) is 79.3 Å². The molecule has 1 amide bonds. The summed E-state index contributed by atoms with van der Waals surface area (Å²) in [6.07, 6.45) is 4.57. The second-order valence-corrected chi connectivity index (χ2v) is 6.19. The van der Waals surface area contributed by atoms with Crippen LogP contribution >= 0.6 is 11.3 Å². The molecule has 0 spiro atoms. The maximum absolute atomic E-state index is 12.1. The molecule has 1 aromatic rings. The summed E-state index contributed by atoms with van der Waals surface area (Å²) in [5.41, 5.74) is 0.433. The number of nitrogens with one attached hydrogen (secondary N) is 1. The summed E-state index contributed by atoms with van der Waals surface area (Å²) < 4.78 is 0. The molecule has 5 nitrogen and oxygen atoms in total. The van der Waals surface area contributed by atoms with Crippen LogP contribution in [0.25, 0.3) is 0 Å². The summed E-state index contributed by atoms with van der Waals surface area (Å²) in [5, 5.41) is 14.7. The minimum Gasteiger partial charge on any atom is -0.481 e. The maximum atomic E-state index is 12.1. The molecular formula is C13H16N2O3S. The Balaban J connectivity index is 1.64. The van der Waals surface area contributed by atoms with Gasteiger partial charge in [0, 0.05) is 17.3 Å². The van der Waals surface area contributed by atoms with Crippen LogP contribution in [0.15, 0.2) is 5.38 Å². The number of aliphatic carboxylic acids is 1. The summed E-state index contributed by atoms with van der Waals surface area (Å²) in [4.78, 5) is 27.5. The molecular weight excluding hydrogens is 264 g/mol. The molecule has 0 radical (unpaired) electrons. The summed E-state index contributed by atoms with van der Waals surface area (Å²) in [6.45, 7) is 0. The van der Waals surface area contributed by atoms with Crippen molar-refractivity contribution in [1.82, 2.24) is 10.3 Å². The lowest BCUT2D eigenvalue weighted by molar-refractivity contribution is -0.142. The van der Waals surface area contributed by atoms with Gasteiger partial charge >= 0.3 is 5.97 Å². The molecule has 1 aromatic heterocycles. The molecule has 0 aromatic carbocycles. The molecule has 2 N–H and O–H groups in total. The van der Waals surface area contributed by atoms with Gasteiger partial charge in [-0.25, -0.2) is 4.98 Å². The minimum atomic E-state index is -0.820. The number of hydrogen-bond donors (Lipinski definition) is 2. The standard InChI is InChI=1S/C13H16N2O3S/c16-11(10-6-19-12(15-10)7-4-5-7)14-9-3-1-2-8(9)13(17)18/h6-9H,1-5H2,(H,14,16)(H,17,18)/t8-,9-/m0/s1. The van der Waals surface area contributed by atoms with E-state index < -0.39 is 11.9 Å². The van der Waals surface area contributed by atoms with Gasteiger partial charge in [0.15, 0.2) is 0 Å². The Kier molecular flexibility index (Phi) is 3.26. The van der Waals surface area contributed by atoms with Crippen molar-refractivity contribution < 1.29 is 14.7 Å². The molecule has 0 aliphatic heterocycles. The summed E-state index contributed by atoms with van der Waals surface area (Å²) >= 11 is 1.53. The van der Waals surface area contributed by atoms with Crippen molar-refractivity contribution in [1.29, 1.82) is 0 Å². The molecule has 0 saturated heterocycles. The summed E-state index contributed by atoms with van der Waals surface area (Å²) in [6, 6.07) is -0.254. The zero-order valence-electron chi connectivity index (χ0n) is 10.5. The second kappa shape index (κ2) is 4.92. The van der Waals surface area contributed by atoms with Gasteiger partial charge in [-0.2, -0.15) is 0 Å². The number of hydrogen-bond acceptors (Lipinski definition) is 4. The number of amides is 1. The Morgan fingerprint density at radius 3 is 2.79 bits per heavy atom. The Labute approximate surface area is 115 Å². The van der Waals surface area contributed by atoms with Crippen molar-refractivity contribution >= 4 is 23.2 Å². The lowest BCUT2D eigenvalue weighted by atomic mass is 10.0. The lowest BCUT2D eigenvalue weighted by Gasteiger charge is -2.16. The van der Waals surface area contributed by atoms with Gasteiger partial charge in [0.05, 0.1) is 10.9 Å². The van der Waals surface area contributed by atoms with E-state index >= 15 is 0 Å². The molecule has 2 saturated carbocycles. The number of aromatic nitrogens is 1. The average molecular weight is 280 g/mol. The predicted octanol–water partition coefficient (Wildman–Crippen LogP) is 2.00. The quantitative estimate of drug-likeness (QED) is 0.884. The number of carboxylic acids is 1. The predicted molar refractivity (Wildman–Crippen MR) is 70.3 cm³/mol. The van der Waals surface area contributed by atoms with E-state index in [-0.39, 0.29) is 11.9 Å². The van der Waals surface area contributed by atoms with Crippen LogP contribution in [-0.2, 0) is 4.79 Å². The molecule has 3 rings (SSSR count). The van der Waals surface area contributed by atoms with E-state index in [9.17, 15) is 9.59 Å². The van der Waals surface area contributed by atoms with E-state index in [1.165, 1.54) is 11.3 Å². The first-order valence-electron chi connectivity index (χ1n) is 6.64. The molecule has 0 bridgehead atoms. The van der Waals surface area contributed by atoms with Gasteiger partial charge in [0.1, 0.15) is 5.69 Å². The highest BCUT2D eigenvalue weighted by Crippen LogP contribution is 2.41. The summed E-state index contributed by atoms with van der Waals surface area (Å²) in [5.74, 6) is -0.962. The average Bonchev–Trinajstić information content (AvgIpc) is 2.92. The Morgan fingerprint density at radius 1 is 1.32 bits per heavy atom. The van der Waals surface area contributed by atoms with Crippen LogP contribution in [0, 0.1) is 5.92 Å². The van der Waals surface area contributed by atoms with Gasteiger partial charge < -0.3 is 10.4 Å². The lowest BCUT2D eigenvalue weighted by Crippen LogP contribution is -2.40.